The topological polar surface area (TPSA) is 38.7 Å². The number of aromatic nitrogens is 3. The molecule has 102 heavy (non-hydrogen) atoms. The van der Waals surface area contributed by atoms with E-state index >= 15 is 0 Å². The van der Waals surface area contributed by atoms with Crippen LogP contribution in [-0.4, -0.2) is 15.0 Å². The average Bonchev–Trinajstić information content (AvgIpc) is 0.768. The number of hydrogen-bond acceptors (Lipinski definition) is 3. The number of rotatable bonds is 16. The summed E-state index contributed by atoms with van der Waals surface area (Å²) in [6, 6.07) is 146. The van der Waals surface area contributed by atoms with Crippen LogP contribution in [0.3, 0.4) is 0 Å². The zero-order valence-corrected chi connectivity index (χ0v) is 56.0. The van der Waals surface area contributed by atoms with Gasteiger partial charge in [0.15, 0.2) is 17.5 Å². The van der Waals surface area contributed by atoms with Gasteiger partial charge in [-0.05, 0) is 236 Å². The SMILES string of the molecule is c1ccc(-c2cc(-c3ccccc3)cc(-c3cccc(-c4nc(-c5cccc(-c6cc(-c7ccccc7)cc(-c7ccccc7)c6)c5)nc(-c5ccc(-c6ccccc6-c6cc(-c7ccccc7)cc(-c7ccccc7)c6)c(-c6cc(-c7ccccc7)cc(-c7ccccc7)c6)c5)n4)c3)c2)cc1. The molecule has 0 amide bonds. The molecular weight excluding hydrogens is 1230 g/mol. The van der Waals surface area contributed by atoms with Crippen LogP contribution in [0.5, 0.6) is 0 Å². The Kier molecular flexibility index (Phi) is 17.1. The molecule has 0 saturated carbocycles. The third-order valence-corrected chi connectivity index (χ3v) is 19.2. The first-order chi connectivity index (χ1) is 50.5. The van der Waals surface area contributed by atoms with E-state index in [9.17, 15) is 0 Å². The van der Waals surface area contributed by atoms with Gasteiger partial charge in [-0.2, -0.15) is 0 Å². The number of hydrogen-bond donors (Lipinski definition) is 0. The fourth-order valence-electron chi connectivity index (χ4n) is 14.1. The highest BCUT2D eigenvalue weighted by molar-refractivity contribution is 5.97. The summed E-state index contributed by atoms with van der Waals surface area (Å²) in [5.74, 6) is 1.67. The molecule has 0 N–H and O–H groups in total. The van der Waals surface area contributed by atoms with E-state index in [1.54, 1.807) is 0 Å². The molecule has 17 rings (SSSR count). The molecule has 0 aliphatic carbocycles. The summed E-state index contributed by atoms with van der Waals surface area (Å²) in [5, 5.41) is 0. The monoisotopic (exact) mass is 1300 g/mol. The standard InChI is InChI=1S/C99H67N3/c1-9-29-68(30-10-1)81-55-82(69-31-11-2-12-32-69)60-89(59-81)76-45-27-47-78(53-76)97-100-98(79-48-28-46-77(54-79)90-61-83(70-33-13-3-14-34-70)56-84(62-90)71-35-15-4-16-36-71)102-99(101-97)80-51-52-95(96(67-80)92-65-87(74-41-21-7-22-42-74)58-88(66-92)75-43-23-8-24-44-75)94-50-26-25-49-93(94)91-63-85(72-37-17-5-18-38-72)57-86(64-91)73-39-19-6-20-40-73/h1-67H. The second-order valence-corrected chi connectivity index (χ2v) is 25.9. The van der Waals surface area contributed by atoms with Gasteiger partial charge in [0.25, 0.3) is 0 Å². The van der Waals surface area contributed by atoms with Crippen LogP contribution in [0.25, 0.3) is 179 Å². The average molecular weight is 1300 g/mol. The maximum atomic E-state index is 5.62. The minimum atomic E-state index is 0.548. The molecule has 0 aliphatic heterocycles. The zero-order valence-electron chi connectivity index (χ0n) is 56.0. The van der Waals surface area contributed by atoms with Gasteiger partial charge in [-0.25, -0.2) is 15.0 Å². The van der Waals surface area contributed by atoms with Crippen molar-refractivity contribution in [2.24, 2.45) is 0 Å². The van der Waals surface area contributed by atoms with Crippen LogP contribution in [0.4, 0.5) is 0 Å². The summed E-state index contributed by atoms with van der Waals surface area (Å²) in [6.45, 7) is 0. The van der Waals surface area contributed by atoms with E-state index in [0.29, 0.717) is 17.5 Å². The molecule has 1 aromatic heterocycles. The minimum Gasteiger partial charge on any atom is -0.208 e. The normalized spacial score (nSPS) is 11.1. The summed E-state index contributed by atoms with van der Waals surface area (Å²) in [4.78, 5) is 16.8. The van der Waals surface area contributed by atoms with Crippen molar-refractivity contribution in [1.29, 1.82) is 0 Å². The van der Waals surface area contributed by atoms with E-state index in [1.807, 2.05) is 0 Å². The van der Waals surface area contributed by atoms with E-state index in [0.717, 1.165) is 161 Å². The van der Waals surface area contributed by atoms with Gasteiger partial charge in [0.05, 0.1) is 0 Å². The first-order valence-corrected chi connectivity index (χ1v) is 34.8. The fraction of sp³-hybridized carbons (Fsp3) is 0. The van der Waals surface area contributed by atoms with Crippen LogP contribution in [0.1, 0.15) is 0 Å². The third-order valence-electron chi connectivity index (χ3n) is 19.2. The summed E-state index contributed by atoms with van der Waals surface area (Å²) >= 11 is 0. The summed E-state index contributed by atoms with van der Waals surface area (Å²) in [6.07, 6.45) is 0. The van der Waals surface area contributed by atoms with E-state index in [4.69, 9.17) is 15.0 Å². The molecule has 16 aromatic carbocycles. The second kappa shape index (κ2) is 28.2. The Morgan fingerprint density at radius 2 is 0.284 bits per heavy atom. The van der Waals surface area contributed by atoms with Crippen LogP contribution >= 0.6 is 0 Å². The zero-order chi connectivity index (χ0) is 68.0. The Morgan fingerprint density at radius 3 is 0.569 bits per heavy atom. The predicted molar refractivity (Wildman–Crippen MR) is 427 cm³/mol. The van der Waals surface area contributed by atoms with Gasteiger partial charge in [-0.3, -0.25) is 0 Å². The summed E-state index contributed by atoms with van der Waals surface area (Å²) < 4.78 is 0. The second-order valence-electron chi connectivity index (χ2n) is 25.9. The quantitative estimate of drug-likeness (QED) is 0.0968. The maximum absolute atomic E-state index is 5.62. The van der Waals surface area contributed by atoms with Crippen LogP contribution in [0.2, 0.25) is 0 Å². The van der Waals surface area contributed by atoms with Crippen LogP contribution < -0.4 is 0 Å². The molecule has 0 atom stereocenters. The Labute approximate surface area is 596 Å². The van der Waals surface area contributed by atoms with E-state index in [1.165, 1.54) is 0 Å². The Morgan fingerprint density at radius 1 is 0.0980 bits per heavy atom. The molecule has 0 bridgehead atoms. The van der Waals surface area contributed by atoms with Crippen LogP contribution in [-0.2, 0) is 0 Å². The largest absolute Gasteiger partial charge is 0.208 e. The van der Waals surface area contributed by atoms with E-state index in [-0.39, 0.29) is 0 Å². The van der Waals surface area contributed by atoms with Crippen molar-refractivity contribution in [3.8, 4) is 179 Å². The van der Waals surface area contributed by atoms with Crippen molar-refractivity contribution >= 4 is 0 Å². The minimum absolute atomic E-state index is 0.548. The molecule has 0 fully saturated rings. The Hall–Kier alpha value is -13.5. The molecule has 0 unspecified atom stereocenters. The molecule has 0 saturated heterocycles. The fourth-order valence-corrected chi connectivity index (χ4v) is 14.1. The van der Waals surface area contributed by atoms with Crippen molar-refractivity contribution in [2.45, 2.75) is 0 Å². The van der Waals surface area contributed by atoms with Crippen molar-refractivity contribution in [2.75, 3.05) is 0 Å². The Bertz CT molecular complexity index is 5400. The van der Waals surface area contributed by atoms with Crippen LogP contribution in [0, 0.1) is 0 Å². The summed E-state index contributed by atoms with van der Waals surface area (Å²) in [7, 11) is 0. The number of benzene rings is 16. The van der Waals surface area contributed by atoms with Crippen molar-refractivity contribution in [3.05, 3.63) is 406 Å². The highest BCUT2D eigenvalue weighted by atomic mass is 15.0. The molecule has 0 spiro atoms. The maximum Gasteiger partial charge on any atom is 0.164 e. The lowest BCUT2D eigenvalue weighted by Crippen LogP contribution is -2.01. The molecular formula is C99H67N3. The van der Waals surface area contributed by atoms with E-state index < -0.39 is 0 Å². The molecule has 17 aromatic rings. The predicted octanol–water partition coefficient (Wildman–Crippen LogP) is 26.5. The van der Waals surface area contributed by atoms with Gasteiger partial charge < -0.3 is 0 Å². The smallest absolute Gasteiger partial charge is 0.164 e. The molecule has 478 valence electrons. The van der Waals surface area contributed by atoms with Gasteiger partial charge in [-0.15, -0.1) is 0 Å². The van der Waals surface area contributed by atoms with Gasteiger partial charge in [0, 0.05) is 16.7 Å². The van der Waals surface area contributed by atoms with E-state index in [2.05, 4.69) is 406 Å². The van der Waals surface area contributed by atoms with Crippen molar-refractivity contribution < 1.29 is 0 Å². The van der Waals surface area contributed by atoms with Crippen LogP contribution in [0.15, 0.2) is 406 Å². The van der Waals surface area contributed by atoms with Crippen molar-refractivity contribution in [3.63, 3.8) is 0 Å². The first kappa shape index (κ1) is 62.1. The highest BCUT2D eigenvalue weighted by Gasteiger charge is 2.22. The van der Waals surface area contributed by atoms with Gasteiger partial charge in [-0.1, -0.05) is 315 Å². The summed E-state index contributed by atoms with van der Waals surface area (Å²) in [5.41, 5.74) is 31.5. The lowest BCUT2D eigenvalue weighted by atomic mass is 9.85. The first-order valence-electron chi connectivity index (χ1n) is 34.8. The Balaban J connectivity index is 0.883. The molecule has 1 heterocycles. The third kappa shape index (κ3) is 13.3. The molecule has 0 radical (unpaired) electrons. The van der Waals surface area contributed by atoms with Crippen molar-refractivity contribution in [1.82, 2.24) is 15.0 Å². The van der Waals surface area contributed by atoms with Gasteiger partial charge >= 0.3 is 0 Å². The lowest BCUT2D eigenvalue weighted by Gasteiger charge is -2.19. The molecule has 0 aliphatic rings. The van der Waals surface area contributed by atoms with Gasteiger partial charge in [0.2, 0.25) is 0 Å². The highest BCUT2D eigenvalue weighted by Crippen LogP contribution is 2.45. The van der Waals surface area contributed by atoms with Gasteiger partial charge in [0.1, 0.15) is 0 Å². The molecule has 3 heteroatoms. The number of nitrogens with zero attached hydrogens (tertiary/aromatic N) is 3. The molecule has 3 nitrogen and oxygen atoms in total. The lowest BCUT2D eigenvalue weighted by molar-refractivity contribution is 1.07.